The molecule has 1 amide bonds. The monoisotopic (exact) mass is 267 g/mol. The molecule has 1 aliphatic carbocycles. The standard InChI is InChI=1S/C13H25N5O/c1-10(2)11-5-3-6-13(9-11,12(14)19)16-7-4-8-17-18-15/h10-11,16H,3-9H2,1-2H3,(H2,14,19). The van der Waals surface area contributed by atoms with Crippen LogP contribution in [0.3, 0.4) is 0 Å². The van der Waals surface area contributed by atoms with Gasteiger partial charge in [-0.25, -0.2) is 0 Å². The van der Waals surface area contributed by atoms with Crippen molar-refractivity contribution in [3.8, 4) is 0 Å². The number of carbonyl (C=O) groups is 1. The lowest BCUT2D eigenvalue weighted by molar-refractivity contribution is -0.126. The molecular formula is C13H25N5O. The molecule has 0 aliphatic heterocycles. The predicted molar refractivity (Wildman–Crippen MR) is 75.4 cm³/mol. The average molecular weight is 267 g/mol. The van der Waals surface area contributed by atoms with Gasteiger partial charge in [-0.2, -0.15) is 0 Å². The molecule has 2 unspecified atom stereocenters. The van der Waals surface area contributed by atoms with Crippen LogP contribution in [0.2, 0.25) is 0 Å². The smallest absolute Gasteiger partial charge is 0.237 e. The maximum absolute atomic E-state index is 11.8. The number of amides is 1. The minimum Gasteiger partial charge on any atom is -0.368 e. The van der Waals surface area contributed by atoms with E-state index in [-0.39, 0.29) is 5.91 Å². The second-order valence-electron chi connectivity index (χ2n) is 5.78. The summed E-state index contributed by atoms with van der Waals surface area (Å²) >= 11 is 0. The van der Waals surface area contributed by atoms with Crippen molar-refractivity contribution in [3.05, 3.63) is 10.4 Å². The Labute approximate surface area is 114 Å². The fourth-order valence-corrected chi connectivity index (χ4v) is 2.88. The molecule has 1 fully saturated rings. The molecule has 1 saturated carbocycles. The summed E-state index contributed by atoms with van der Waals surface area (Å²) in [4.78, 5) is 14.6. The second-order valence-corrected chi connectivity index (χ2v) is 5.78. The lowest BCUT2D eigenvalue weighted by Gasteiger charge is -2.40. The first-order valence-electron chi connectivity index (χ1n) is 7.07. The van der Waals surface area contributed by atoms with Crippen molar-refractivity contribution in [2.24, 2.45) is 22.7 Å². The Morgan fingerprint density at radius 2 is 2.37 bits per heavy atom. The van der Waals surface area contributed by atoms with Gasteiger partial charge in [0, 0.05) is 11.5 Å². The number of azide groups is 1. The molecule has 0 saturated heterocycles. The lowest BCUT2D eigenvalue weighted by atomic mass is 9.71. The number of carbonyl (C=O) groups excluding carboxylic acids is 1. The number of nitrogens with two attached hydrogens (primary N) is 1. The van der Waals surface area contributed by atoms with Crippen molar-refractivity contribution in [3.63, 3.8) is 0 Å². The number of nitrogens with one attached hydrogen (secondary N) is 1. The van der Waals surface area contributed by atoms with Crippen LogP contribution in [0.25, 0.3) is 10.4 Å². The van der Waals surface area contributed by atoms with Gasteiger partial charge in [0.15, 0.2) is 0 Å². The highest BCUT2D eigenvalue weighted by molar-refractivity contribution is 5.84. The van der Waals surface area contributed by atoms with Crippen LogP contribution in [0.15, 0.2) is 5.11 Å². The van der Waals surface area contributed by atoms with Crippen molar-refractivity contribution in [2.75, 3.05) is 13.1 Å². The normalized spacial score (nSPS) is 27.0. The van der Waals surface area contributed by atoms with E-state index < -0.39 is 5.54 Å². The summed E-state index contributed by atoms with van der Waals surface area (Å²) in [6.45, 7) is 5.51. The van der Waals surface area contributed by atoms with E-state index in [1.807, 2.05) is 0 Å². The van der Waals surface area contributed by atoms with Gasteiger partial charge in [0.05, 0.1) is 5.54 Å². The zero-order valence-corrected chi connectivity index (χ0v) is 11.9. The summed E-state index contributed by atoms with van der Waals surface area (Å²) in [5.41, 5.74) is 13.3. The van der Waals surface area contributed by atoms with Crippen molar-refractivity contribution in [1.82, 2.24) is 5.32 Å². The Balaban J connectivity index is 2.58. The molecule has 6 nitrogen and oxygen atoms in total. The first-order chi connectivity index (χ1) is 9.02. The van der Waals surface area contributed by atoms with Gasteiger partial charge in [-0.3, -0.25) is 4.79 Å². The molecule has 6 heteroatoms. The van der Waals surface area contributed by atoms with E-state index >= 15 is 0 Å². The second kappa shape index (κ2) is 7.36. The maximum atomic E-state index is 11.8. The molecule has 0 aromatic carbocycles. The highest BCUT2D eigenvalue weighted by atomic mass is 16.1. The predicted octanol–water partition coefficient (Wildman–Crippen LogP) is 2.35. The van der Waals surface area contributed by atoms with Crippen LogP contribution in [-0.4, -0.2) is 24.5 Å². The van der Waals surface area contributed by atoms with Crippen molar-refractivity contribution < 1.29 is 4.79 Å². The molecule has 1 aliphatic rings. The summed E-state index contributed by atoms with van der Waals surface area (Å²) in [5, 5.41) is 6.81. The van der Waals surface area contributed by atoms with Crippen molar-refractivity contribution in [2.45, 2.75) is 51.5 Å². The van der Waals surface area contributed by atoms with Crippen LogP contribution in [-0.2, 0) is 4.79 Å². The number of hydrogen-bond donors (Lipinski definition) is 2. The minimum atomic E-state index is -0.566. The summed E-state index contributed by atoms with van der Waals surface area (Å²) < 4.78 is 0. The third-order valence-electron chi connectivity index (χ3n) is 4.17. The molecular weight excluding hydrogens is 242 g/mol. The topological polar surface area (TPSA) is 104 Å². The molecule has 0 heterocycles. The number of rotatable bonds is 7. The molecule has 0 spiro atoms. The molecule has 0 bridgehead atoms. The van der Waals surface area contributed by atoms with Gasteiger partial charge in [-0.05, 0) is 43.2 Å². The Morgan fingerprint density at radius 3 is 2.95 bits per heavy atom. The number of hydrogen-bond acceptors (Lipinski definition) is 3. The fourth-order valence-electron chi connectivity index (χ4n) is 2.88. The Kier molecular flexibility index (Phi) is 6.12. The molecule has 19 heavy (non-hydrogen) atoms. The molecule has 0 aromatic heterocycles. The highest BCUT2D eigenvalue weighted by Gasteiger charge is 2.41. The van der Waals surface area contributed by atoms with E-state index in [1.54, 1.807) is 0 Å². The van der Waals surface area contributed by atoms with Crippen LogP contribution in [0.1, 0.15) is 46.0 Å². The molecule has 3 N–H and O–H groups in total. The van der Waals surface area contributed by atoms with Crippen LogP contribution in [0, 0.1) is 11.8 Å². The Morgan fingerprint density at radius 1 is 1.63 bits per heavy atom. The quantitative estimate of drug-likeness (QED) is 0.320. The minimum absolute atomic E-state index is 0.248. The van der Waals surface area contributed by atoms with E-state index in [0.29, 0.717) is 24.9 Å². The van der Waals surface area contributed by atoms with Crippen molar-refractivity contribution >= 4 is 5.91 Å². The van der Waals surface area contributed by atoms with Gasteiger partial charge < -0.3 is 11.1 Å². The zero-order chi connectivity index (χ0) is 14.3. The van der Waals surface area contributed by atoms with Crippen LogP contribution in [0.5, 0.6) is 0 Å². The van der Waals surface area contributed by atoms with Crippen molar-refractivity contribution in [1.29, 1.82) is 0 Å². The third-order valence-corrected chi connectivity index (χ3v) is 4.17. The third kappa shape index (κ3) is 4.40. The van der Waals surface area contributed by atoms with E-state index in [2.05, 4.69) is 29.2 Å². The summed E-state index contributed by atoms with van der Waals surface area (Å²) in [6.07, 6.45) is 4.57. The van der Waals surface area contributed by atoms with E-state index in [0.717, 1.165) is 25.7 Å². The van der Waals surface area contributed by atoms with Gasteiger partial charge in [-0.15, -0.1) is 0 Å². The van der Waals surface area contributed by atoms with Crippen LogP contribution in [0.4, 0.5) is 0 Å². The van der Waals surface area contributed by atoms with Gasteiger partial charge in [0.1, 0.15) is 0 Å². The van der Waals surface area contributed by atoms with E-state index in [4.69, 9.17) is 11.3 Å². The van der Waals surface area contributed by atoms with Crippen LogP contribution >= 0.6 is 0 Å². The van der Waals surface area contributed by atoms with E-state index in [1.165, 1.54) is 6.42 Å². The highest BCUT2D eigenvalue weighted by Crippen LogP contribution is 2.36. The zero-order valence-electron chi connectivity index (χ0n) is 11.9. The van der Waals surface area contributed by atoms with E-state index in [9.17, 15) is 4.79 Å². The van der Waals surface area contributed by atoms with Gasteiger partial charge in [0.2, 0.25) is 5.91 Å². The number of nitrogens with zero attached hydrogens (tertiary/aromatic N) is 3. The molecule has 0 radical (unpaired) electrons. The van der Waals surface area contributed by atoms with Gasteiger partial charge in [0.25, 0.3) is 0 Å². The molecule has 108 valence electrons. The summed E-state index contributed by atoms with van der Waals surface area (Å²) in [5.74, 6) is 0.872. The lowest BCUT2D eigenvalue weighted by Crippen LogP contribution is -2.58. The Hall–Kier alpha value is -1.26. The number of primary amides is 1. The average Bonchev–Trinajstić information content (AvgIpc) is 2.38. The molecule has 1 rings (SSSR count). The SMILES string of the molecule is CC(C)C1CCCC(NCCCN=[N+]=[N-])(C(N)=O)C1. The fraction of sp³-hybridized carbons (Fsp3) is 0.923. The summed E-state index contributed by atoms with van der Waals surface area (Å²) in [6, 6.07) is 0. The Bertz CT molecular complexity index is 351. The largest absolute Gasteiger partial charge is 0.368 e. The molecule has 0 aromatic rings. The molecule has 2 atom stereocenters. The van der Waals surface area contributed by atoms with Gasteiger partial charge in [-0.1, -0.05) is 31.8 Å². The maximum Gasteiger partial charge on any atom is 0.237 e. The van der Waals surface area contributed by atoms with Crippen LogP contribution < -0.4 is 11.1 Å². The van der Waals surface area contributed by atoms with Gasteiger partial charge >= 0.3 is 0 Å². The summed E-state index contributed by atoms with van der Waals surface area (Å²) in [7, 11) is 0. The first kappa shape index (κ1) is 15.8. The first-order valence-corrected chi connectivity index (χ1v) is 7.07.